The van der Waals surface area contributed by atoms with E-state index in [-0.39, 0.29) is 41.1 Å². The van der Waals surface area contributed by atoms with Crippen molar-refractivity contribution < 1.29 is 46.1 Å². The van der Waals surface area contributed by atoms with Gasteiger partial charge in [-0.05, 0) is 0 Å². The second-order valence-corrected chi connectivity index (χ2v) is 22.9. The second-order valence-electron chi connectivity index (χ2n) is 17.2. The van der Waals surface area contributed by atoms with Crippen LogP contribution in [0.15, 0.2) is 99.9 Å². The van der Waals surface area contributed by atoms with Crippen molar-refractivity contribution in [3.63, 3.8) is 0 Å². The van der Waals surface area contributed by atoms with Gasteiger partial charge in [0, 0.05) is 0 Å². The van der Waals surface area contributed by atoms with Crippen LogP contribution in [0.4, 0.5) is 0 Å². The van der Waals surface area contributed by atoms with Crippen LogP contribution in [-0.4, -0.2) is 3.21 Å². The molecule has 4 aromatic rings. The van der Waals surface area contributed by atoms with Crippen molar-refractivity contribution in [1.29, 1.82) is 0 Å². The Bertz CT molecular complexity index is 1910. The fraction of sp³-hybridized carbons (Fsp3) is 0.370. The molecule has 6 rings (SSSR count). The van der Waals surface area contributed by atoms with Crippen molar-refractivity contribution in [3.05, 3.63) is 144 Å². The Morgan fingerprint density at radius 2 is 1.16 bits per heavy atom. The van der Waals surface area contributed by atoms with E-state index in [1.54, 1.807) is 15.3 Å². The molecule has 1 atom stereocenters. The summed E-state index contributed by atoms with van der Waals surface area (Å²) in [5.74, 6) is 0.424. The van der Waals surface area contributed by atoms with Gasteiger partial charge in [0.2, 0.25) is 0 Å². The van der Waals surface area contributed by atoms with Gasteiger partial charge in [-0.3, -0.25) is 0 Å². The first-order valence-electron chi connectivity index (χ1n) is 17.6. The molecule has 3 heteroatoms. The smallest absolute Gasteiger partial charge is 1.00 e. The first-order valence-corrected chi connectivity index (χ1v) is 21.3. The first-order chi connectivity index (χ1) is 22.0. The fourth-order valence-corrected chi connectivity index (χ4v) is 17.0. The van der Waals surface area contributed by atoms with Crippen LogP contribution in [-0.2, 0) is 38.5 Å². The molecule has 0 saturated carbocycles. The summed E-state index contributed by atoms with van der Waals surface area (Å²) in [6.45, 7) is 28.7. The zero-order valence-electron chi connectivity index (χ0n) is 31.7. The van der Waals surface area contributed by atoms with Crippen LogP contribution in [0.2, 0.25) is 0 Å². The van der Waals surface area contributed by atoms with E-state index in [9.17, 15) is 0 Å². The molecule has 0 bridgehead atoms. The average Bonchev–Trinajstić information content (AvgIpc) is 3.55. The van der Waals surface area contributed by atoms with Gasteiger partial charge < -0.3 is 24.8 Å². The summed E-state index contributed by atoms with van der Waals surface area (Å²) >= 11 is -2.92. The molecule has 0 amide bonds. The minimum Gasteiger partial charge on any atom is -1.00 e. The van der Waals surface area contributed by atoms with Crippen molar-refractivity contribution >= 4 is 6.48 Å². The van der Waals surface area contributed by atoms with Gasteiger partial charge in [-0.2, -0.15) is 0 Å². The van der Waals surface area contributed by atoms with E-state index in [1.165, 1.54) is 55.6 Å². The Labute approximate surface area is 317 Å². The Hall–Kier alpha value is -2.31. The van der Waals surface area contributed by atoms with Crippen molar-refractivity contribution in [1.82, 2.24) is 0 Å². The quantitative estimate of drug-likeness (QED) is 0.227. The maximum absolute atomic E-state index is 2.92. The van der Waals surface area contributed by atoms with Crippen LogP contribution in [0.3, 0.4) is 0 Å². The number of hydrogen-bond acceptors (Lipinski definition) is 0. The molecule has 0 spiro atoms. The monoisotopic (exact) mass is 766 g/mol. The number of allylic oxidation sites excluding steroid dienone is 4. The van der Waals surface area contributed by atoms with Gasteiger partial charge in [-0.25, -0.2) is 0 Å². The van der Waals surface area contributed by atoms with Gasteiger partial charge in [0.1, 0.15) is 0 Å². The first kappa shape index (κ1) is 39.5. The summed E-state index contributed by atoms with van der Waals surface area (Å²) in [5.41, 5.74) is 16.5. The minimum atomic E-state index is -2.92. The third-order valence-corrected chi connectivity index (χ3v) is 18.9. The van der Waals surface area contributed by atoms with Crippen LogP contribution < -0.4 is 28.1 Å². The van der Waals surface area contributed by atoms with Gasteiger partial charge >= 0.3 is 295 Å². The molecule has 0 radical (unpaired) electrons. The van der Waals surface area contributed by atoms with E-state index < -0.39 is 21.3 Å². The molecular formula is C46H54Cl2Zr. The molecule has 2 aliphatic rings. The summed E-state index contributed by atoms with van der Waals surface area (Å²) in [4.78, 5) is 0. The molecule has 0 N–H and O–H groups in total. The number of halogens is 2. The fourth-order valence-electron chi connectivity index (χ4n) is 8.09. The molecule has 0 nitrogen and oxygen atoms in total. The van der Waals surface area contributed by atoms with Gasteiger partial charge in [-0.1, -0.05) is 0 Å². The summed E-state index contributed by atoms with van der Waals surface area (Å²) in [6.07, 6.45) is 6.27. The number of benzene rings is 4. The molecular weight excluding hydrogens is 715 g/mol. The summed E-state index contributed by atoms with van der Waals surface area (Å²) in [7, 11) is 0. The Morgan fingerprint density at radius 1 is 0.653 bits per heavy atom. The number of rotatable bonds is 4. The number of fused-ring (bicyclic) bond motifs is 3. The molecule has 0 aromatic heterocycles. The van der Waals surface area contributed by atoms with Crippen LogP contribution in [0, 0.1) is 25.2 Å². The third kappa shape index (κ3) is 7.52. The number of aryl methyl sites for hydroxylation is 1. The Balaban J connectivity index is 0.00000270. The molecule has 0 aliphatic heterocycles. The number of hydrogen-bond donors (Lipinski definition) is 0. The van der Waals surface area contributed by atoms with E-state index in [0.717, 1.165) is 6.42 Å². The molecule has 0 saturated heterocycles. The average molecular weight is 769 g/mol. The Kier molecular flexibility index (Phi) is 11.6. The standard InChI is InChI=1S/C23H29.C13H10.C10H15.2ClH.Zr/c1-14-9-16-11-17-10-15(2)21(23(6,7)8)13-19(17)18(16)12-20(14)22(3,4)5;1-3-7-12(8-4-1)11-13-9-5-2-6-10-13;1-8-5-6-9(7-8)10(2,3)4;;;/h9,12-13H,11H2,1-8H3;1-10H;6-8H,1-4H3;2*1H;/q;;;;;+2/p-2. The van der Waals surface area contributed by atoms with Gasteiger partial charge in [0.25, 0.3) is 0 Å². The van der Waals surface area contributed by atoms with Crippen molar-refractivity contribution in [2.24, 2.45) is 11.3 Å². The largest absolute Gasteiger partial charge is 1.00 e. The predicted molar refractivity (Wildman–Crippen MR) is 202 cm³/mol. The molecule has 256 valence electrons. The van der Waals surface area contributed by atoms with Crippen LogP contribution in [0.1, 0.15) is 114 Å². The second kappa shape index (κ2) is 14.4. The molecule has 49 heavy (non-hydrogen) atoms. The molecule has 2 aliphatic carbocycles. The zero-order chi connectivity index (χ0) is 34.1. The van der Waals surface area contributed by atoms with Crippen LogP contribution >= 0.6 is 0 Å². The molecule has 1 unspecified atom stereocenters. The van der Waals surface area contributed by atoms with Gasteiger partial charge in [0.05, 0.1) is 0 Å². The van der Waals surface area contributed by atoms with Crippen LogP contribution in [0.5, 0.6) is 0 Å². The van der Waals surface area contributed by atoms with Crippen molar-refractivity contribution in [2.75, 3.05) is 0 Å². The van der Waals surface area contributed by atoms with Crippen LogP contribution in [0.25, 0.3) is 11.1 Å². The SMILES string of the molecule is Cc1cc2c(cc1C(C)(C)C)-c1cc(C(C)(C)C)c(C)[c]([Zr+2]([C]3=CC(C(C)(C)C)=CC3C)=[C](c3ccccc3)c3ccccc3)c1C2.[Cl-].[Cl-]. The van der Waals surface area contributed by atoms with E-state index in [1.807, 2.05) is 0 Å². The minimum absolute atomic E-state index is 0. The van der Waals surface area contributed by atoms with E-state index in [4.69, 9.17) is 0 Å². The summed E-state index contributed by atoms with van der Waals surface area (Å²) in [6, 6.07) is 30.4. The third-order valence-electron chi connectivity index (χ3n) is 10.4. The topological polar surface area (TPSA) is 0 Å². The molecule has 0 heterocycles. The van der Waals surface area contributed by atoms with Gasteiger partial charge in [-0.15, -0.1) is 0 Å². The van der Waals surface area contributed by atoms with E-state index in [2.05, 4.69) is 174 Å². The normalized spacial score (nSPS) is 15.2. The summed E-state index contributed by atoms with van der Waals surface area (Å²) < 4.78 is 5.03. The molecule has 4 aromatic carbocycles. The van der Waals surface area contributed by atoms with Gasteiger partial charge in [0.15, 0.2) is 0 Å². The van der Waals surface area contributed by atoms with E-state index in [0.29, 0.717) is 5.92 Å². The summed E-state index contributed by atoms with van der Waals surface area (Å²) in [5, 5.41) is 0. The maximum Gasteiger partial charge on any atom is -1.00 e. The maximum atomic E-state index is 2.66. The van der Waals surface area contributed by atoms with Crippen molar-refractivity contribution in [3.8, 4) is 11.1 Å². The zero-order valence-corrected chi connectivity index (χ0v) is 35.7. The molecule has 0 fully saturated rings. The van der Waals surface area contributed by atoms with Crippen molar-refractivity contribution in [2.45, 2.75) is 100 Å². The predicted octanol–water partition coefficient (Wildman–Crippen LogP) is 5.50. The van der Waals surface area contributed by atoms with E-state index >= 15 is 0 Å². The Morgan fingerprint density at radius 3 is 1.63 bits per heavy atom.